The number of hydrogen-bond donors (Lipinski definition) is 2. The first-order chi connectivity index (χ1) is 14.5. The molecule has 0 saturated carbocycles. The Morgan fingerprint density at radius 2 is 1.81 bits per heavy atom. The molecule has 31 heavy (non-hydrogen) atoms. The molecule has 6 heteroatoms. The van der Waals surface area contributed by atoms with Crippen molar-refractivity contribution in [2.45, 2.75) is 84.3 Å². The second-order valence-corrected chi connectivity index (χ2v) is 10.4. The smallest absolute Gasteiger partial charge is 0.407 e. The average molecular weight is 432 g/mol. The first kappa shape index (κ1) is 23.8. The van der Waals surface area contributed by atoms with Crippen molar-refractivity contribution >= 4 is 11.7 Å². The number of aliphatic hydroxyl groups is 1. The minimum atomic E-state index is -1.02. The van der Waals surface area contributed by atoms with Crippen LogP contribution in [0.2, 0.25) is 0 Å². The molecule has 172 valence electrons. The number of nitrogens with one attached hydrogen (secondary N) is 1. The zero-order valence-electron chi connectivity index (χ0n) is 19.7. The van der Waals surface area contributed by atoms with Crippen molar-refractivity contribution in [2.24, 2.45) is 5.41 Å². The summed E-state index contributed by atoms with van der Waals surface area (Å²) >= 11 is 0. The van der Waals surface area contributed by atoms with Crippen LogP contribution in [-0.2, 0) is 14.2 Å². The van der Waals surface area contributed by atoms with Crippen LogP contribution in [0, 0.1) is 5.41 Å². The predicted octanol–water partition coefficient (Wildman–Crippen LogP) is 4.67. The molecule has 3 rings (SSSR count). The van der Waals surface area contributed by atoms with Gasteiger partial charge in [-0.1, -0.05) is 63.9 Å². The van der Waals surface area contributed by atoms with Crippen molar-refractivity contribution < 1.29 is 24.1 Å². The Hall–Kier alpha value is -1.89. The quantitative estimate of drug-likeness (QED) is 0.656. The van der Waals surface area contributed by atoms with E-state index in [2.05, 4.69) is 26.1 Å². The van der Waals surface area contributed by atoms with Gasteiger partial charge in [0.15, 0.2) is 0 Å². The molecule has 2 N–H and O–H groups in total. The maximum atomic E-state index is 12.5. The third-order valence-corrected chi connectivity index (χ3v) is 5.53. The largest absolute Gasteiger partial charge is 0.444 e. The third kappa shape index (κ3) is 5.48. The van der Waals surface area contributed by atoms with Crippen LogP contribution in [0.3, 0.4) is 0 Å². The lowest BCUT2D eigenvalue weighted by Gasteiger charge is -2.37. The second-order valence-electron chi connectivity index (χ2n) is 10.4. The molecule has 1 amide bonds. The molecular formula is C25H37NO5. The summed E-state index contributed by atoms with van der Waals surface area (Å²) in [4.78, 5) is 12.5. The Labute approximate surface area is 186 Å². The number of carbonyl (C=O) groups excluding carboxylic acids is 1. The highest BCUT2D eigenvalue weighted by molar-refractivity contribution is 5.92. The van der Waals surface area contributed by atoms with E-state index in [1.165, 1.54) is 0 Å². The number of carbonyl (C=O) groups is 1. The molecular weight excluding hydrogens is 394 g/mol. The molecule has 2 aliphatic rings. The molecule has 6 nitrogen and oxygen atoms in total. The van der Waals surface area contributed by atoms with Gasteiger partial charge in [-0.2, -0.15) is 0 Å². The topological polar surface area (TPSA) is 77.0 Å². The Morgan fingerprint density at radius 3 is 2.35 bits per heavy atom. The van der Waals surface area contributed by atoms with E-state index in [0.29, 0.717) is 25.2 Å². The summed E-state index contributed by atoms with van der Waals surface area (Å²) in [5.74, 6) is -1.02. The van der Waals surface area contributed by atoms with Crippen LogP contribution in [0.5, 0.6) is 0 Å². The SMILES string of the molecule is CCCC[C@H](NC(=O)OC(C)(C)C)C(O)C1=C(c2ccccc2)C12OCC(C)(C)CO2. The van der Waals surface area contributed by atoms with Gasteiger partial charge in [-0.3, -0.25) is 0 Å². The molecule has 1 fully saturated rings. The van der Waals surface area contributed by atoms with Gasteiger partial charge in [0.1, 0.15) is 11.7 Å². The summed E-state index contributed by atoms with van der Waals surface area (Å²) in [5, 5.41) is 14.3. The number of hydrogen-bond acceptors (Lipinski definition) is 5. The molecule has 1 spiro atoms. The molecule has 1 saturated heterocycles. The van der Waals surface area contributed by atoms with E-state index in [0.717, 1.165) is 24.0 Å². The van der Waals surface area contributed by atoms with E-state index in [4.69, 9.17) is 14.2 Å². The maximum absolute atomic E-state index is 12.5. The van der Waals surface area contributed by atoms with Crippen LogP contribution in [0.15, 0.2) is 35.9 Å². The van der Waals surface area contributed by atoms with Gasteiger partial charge >= 0.3 is 6.09 Å². The number of amides is 1. The molecule has 0 radical (unpaired) electrons. The van der Waals surface area contributed by atoms with Gasteiger partial charge in [-0.25, -0.2) is 4.79 Å². The first-order valence-corrected chi connectivity index (χ1v) is 11.2. The van der Waals surface area contributed by atoms with E-state index in [-0.39, 0.29) is 5.41 Å². The van der Waals surface area contributed by atoms with E-state index in [9.17, 15) is 9.90 Å². The number of unbranched alkanes of at least 4 members (excludes halogenated alkanes) is 1. The Bertz CT molecular complexity index is 799. The van der Waals surface area contributed by atoms with Gasteiger partial charge in [-0.05, 0) is 32.8 Å². The van der Waals surface area contributed by atoms with E-state index >= 15 is 0 Å². The Balaban J connectivity index is 1.86. The molecule has 0 bridgehead atoms. The lowest BCUT2D eigenvalue weighted by Crippen LogP contribution is -2.48. The van der Waals surface area contributed by atoms with Crippen LogP contribution >= 0.6 is 0 Å². The van der Waals surface area contributed by atoms with Crippen molar-refractivity contribution in [3.8, 4) is 0 Å². The summed E-state index contributed by atoms with van der Waals surface area (Å²) in [6.07, 6.45) is 0.985. The molecule has 1 aromatic carbocycles. The van der Waals surface area contributed by atoms with Crippen molar-refractivity contribution in [1.29, 1.82) is 0 Å². The number of ether oxygens (including phenoxy) is 3. The van der Waals surface area contributed by atoms with Crippen LogP contribution in [0.1, 0.15) is 66.4 Å². The van der Waals surface area contributed by atoms with Crippen LogP contribution in [-0.4, -0.2) is 47.9 Å². The molecule has 2 atom stereocenters. The third-order valence-electron chi connectivity index (χ3n) is 5.53. The fraction of sp³-hybridized carbons (Fsp3) is 0.640. The summed E-state index contributed by atoms with van der Waals surface area (Å²) < 4.78 is 17.9. The summed E-state index contributed by atoms with van der Waals surface area (Å²) in [7, 11) is 0. The highest BCUT2D eigenvalue weighted by atomic mass is 16.7. The predicted molar refractivity (Wildman–Crippen MR) is 120 cm³/mol. The van der Waals surface area contributed by atoms with Gasteiger partial charge in [-0.15, -0.1) is 0 Å². The number of aliphatic hydroxyl groups excluding tert-OH is 1. The summed E-state index contributed by atoms with van der Waals surface area (Å²) in [6.45, 7) is 12.8. The van der Waals surface area contributed by atoms with Gasteiger partial charge in [0, 0.05) is 16.6 Å². The van der Waals surface area contributed by atoms with E-state index in [1.807, 2.05) is 51.1 Å². The highest BCUT2D eigenvalue weighted by Crippen LogP contribution is 2.58. The number of alkyl carbamates (subject to hydrolysis) is 1. The average Bonchev–Trinajstić information content (AvgIpc) is 3.34. The molecule has 1 aromatic rings. The Morgan fingerprint density at radius 1 is 1.19 bits per heavy atom. The summed E-state index contributed by atoms with van der Waals surface area (Å²) in [6, 6.07) is 9.36. The normalized spacial score (nSPS) is 21.5. The monoisotopic (exact) mass is 431 g/mol. The number of benzene rings is 1. The van der Waals surface area contributed by atoms with Crippen molar-refractivity contribution in [3.05, 3.63) is 41.5 Å². The lowest BCUT2D eigenvalue weighted by molar-refractivity contribution is -0.230. The fourth-order valence-electron chi connectivity index (χ4n) is 3.93. The van der Waals surface area contributed by atoms with E-state index < -0.39 is 29.6 Å². The molecule has 0 aromatic heterocycles. The van der Waals surface area contributed by atoms with Crippen LogP contribution < -0.4 is 5.32 Å². The lowest BCUT2D eigenvalue weighted by atomic mass is 9.94. The zero-order chi connectivity index (χ0) is 22.9. The van der Waals surface area contributed by atoms with Gasteiger partial charge in [0.05, 0.1) is 19.3 Å². The molecule has 1 unspecified atom stereocenters. The molecule has 1 aliphatic heterocycles. The number of rotatable bonds is 7. The van der Waals surface area contributed by atoms with Gasteiger partial charge in [0.2, 0.25) is 5.79 Å². The second kappa shape index (κ2) is 8.93. The van der Waals surface area contributed by atoms with Crippen molar-refractivity contribution in [3.63, 3.8) is 0 Å². The highest BCUT2D eigenvalue weighted by Gasteiger charge is 2.63. The van der Waals surface area contributed by atoms with Gasteiger partial charge < -0.3 is 24.6 Å². The maximum Gasteiger partial charge on any atom is 0.407 e. The minimum Gasteiger partial charge on any atom is -0.444 e. The van der Waals surface area contributed by atoms with Crippen LogP contribution in [0.4, 0.5) is 4.79 Å². The van der Waals surface area contributed by atoms with Crippen LogP contribution in [0.25, 0.3) is 5.57 Å². The van der Waals surface area contributed by atoms with E-state index in [1.54, 1.807) is 0 Å². The fourth-order valence-corrected chi connectivity index (χ4v) is 3.93. The molecule has 1 heterocycles. The zero-order valence-corrected chi connectivity index (χ0v) is 19.7. The van der Waals surface area contributed by atoms with Crippen molar-refractivity contribution in [2.75, 3.05) is 13.2 Å². The standard InChI is InChI=1S/C25H37NO5/c1-7-8-14-18(26-22(28)31-23(2,3)4)21(27)20-19(17-12-10-9-11-13-17)25(20)29-15-24(5,6)16-30-25/h9-13,18,21,27H,7-8,14-16H2,1-6H3,(H,26,28)/t18-,21?/m0/s1. The minimum absolute atomic E-state index is 0.0952. The summed E-state index contributed by atoms with van der Waals surface area (Å²) in [5.41, 5.74) is 1.82. The Kier molecular flexibility index (Phi) is 6.84. The molecule has 1 aliphatic carbocycles. The first-order valence-electron chi connectivity index (χ1n) is 11.2. The van der Waals surface area contributed by atoms with Gasteiger partial charge in [0.25, 0.3) is 0 Å². The van der Waals surface area contributed by atoms with Crippen molar-refractivity contribution in [1.82, 2.24) is 5.32 Å².